The molecule has 1 atom stereocenters. The highest BCUT2D eigenvalue weighted by molar-refractivity contribution is 7.91. The molecule has 0 saturated carbocycles. The molecule has 4 aromatic rings. The Balaban J connectivity index is 1.67. The number of benzene rings is 3. The van der Waals surface area contributed by atoms with E-state index in [4.69, 9.17) is 10.5 Å². The Labute approximate surface area is 239 Å². The third kappa shape index (κ3) is 7.12. The van der Waals surface area contributed by atoms with Gasteiger partial charge in [0, 0.05) is 36.4 Å². The molecule has 10 nitrogen and oxygen atoms in total. The van der Waals surface area contributed by atoms with Gasteiger partial charge < -0.3 is 26.4 Å². The molecular weight excluding hydrogens is 542 g/mol. The molecule has 0 aliphatic carbocycles. The zero-order valence-electron chi connectivity index (χ0n) is 23.1. The van der Waals surface area contributed by atoms with Crippen molar-refractivity contribution in [3.05, 3.63) is 84.1 Å². The van der Waals surface area contributed by atoms with Crippen molar-refractivity contribution in [3.63, 3.8) is 0 Å². The van der Waals surface area contributed by atoms with Crippen LogP contribution in [-0.4, -0.2) is 37.6 Å². The minimum Gasteiger partial charge on any atom is -0.494 e. The van der Waals surface area contributed by atoms with Crippen LogP contribution in [0.1, 0.15) is 37.9 Å². The summed E-state index contributed by atoms with van der Waals surface area (Å²) in [7, 11) is -3.59. The summed E-state index contributed by atoms with van der Waals surface area (Å²) in [5.74, 6) is 0.229. The number of sulfone groups is 1. The van der Waals surface area contributed by atoms with Crippen LogP contribution in [0.15, 0.2) is 77.8 Å². The number of carbonyl (C=O) groups excluding carboxylic acids is 2. The average Bonchev–Trinajstić information content (AvgIpc) is 2.94. The molecule has 0 spiro atoms. The first kappa shape index (κ1) is 29.3. The van der Waals surface area contributed by atoms with Gasteiger partial charge in [0.25, 0.3) is 0 Å². The van der Waals surface area contributed by atoms with Gasteiger partial charge in [0.1, 0.15) is 17.6 Å². The average molecular weight is 576 g/mol. The molecule has 0 fully saturated rings. The second-order valence-corrected chi connectivity index (χ2v) is 11.6. The van der Waals surface area contributed by atoms with Crippen LogP contribution in [0.3, 0.4) is 0 Å². The van der Waals surface area contributed by atoms with Gasteiger partial charge in [-0.15, -0.1) is 0 Å². The van der Waals surface area contributed by atoms with Crippen LogP contribution in [0.4, 0.5) is 17.2 Å². The number of fused-ring (bicyclic) bond motifs is 1. The lowest BCUT2D eigenvalue weighted by Gasteiger charge is -2.22. The maximum Gasteiger partial charge on any atom is 0.247 e. The van der Waals surface area contributed by atoms with E-state index in [9.17, 15) is 18.0 Å². The fourth-order valence-corrected chi connectivity index (χ4v) is 5.57. The van der Waals surface area contributed by atoms with Crippen molar-refractivity contribution < 1.29 is 22.7 Å². The molecule has 214 valence electrons. The number of carbonyl (C=O) groups is 2. The van der Waals surface area contributed by atoms with Crippen LogP contribution in [0.5, 0.6) is 5.75 Å². The molecule has 0 bridgehead atoms. The minimum atomic E-state index is -3.59. The van der Waals surface area contributed by atoms with Crippen molar-refractivity contribution in [1.29, 1.82) is 0 Å². The summed E-state index contributed by atoms with van der Waals surface area (Å²) in [6, 6.07) is 18.3. The molecule has 41 heavy (non-hydrogen) atoms. The van der Waals surface area contributed by atoms with Crippen molar-refractivity contribution >= 4 is 49.6 Å². The summed E-state index contributed by atoms with van der Waals surface area (Å²) in [6.07, 6.45) is 1.62. The first-order chi connectivity index (χ1) is 19.6. The topological polar surface area (TPSA) is 153 Å². The highest BCUT2D eigenvalue weighted by atomic mass is 32.2. The fraction of sp³-hybridized carbons (Fsp3) is 0.233. The molecular formula is C30H33N5O5S. The van der Waals surface area contributed by atoms with Crippen molar-refractivity contribution in [2.45, 2.75) is 38.3 Å². The maximum absolute atomic E-state index is 13.7. The molecule has 0 aliphatic rings. The molecule has 0 radical (unpaired) electrons. The Kier molecular flexibility index (Phi) is 9.08. The Morgan fingerprint density at radius 3 is 2.51 bits per heavy atom. The highest BCUT2D eigenvalue weighted by Gasteiger charge is 2.23. The Hall–Kier alpha value is -4.64. The van der Waals surface area contributed by atoms with Gasteiger partial charge in [-0.3, -0.25) is 9.59 Å². The van der Waals surface area contributed by atoms with Gasteiger partial charge in [-0.2, -0.15) is 0 Å². The molecule has 1 unspecified atom stereocenters. The van der Waals surface area contributed by atoms with E-state index in [1.165, 1.54) is 19.1 Å². The van der Waals surface area contributed by atoms with Gasteiger partial charge in [0.05, 0.1) is 17.3 Å². The van der Waals surface area contributed by atoms with Crippen molar-refractivity contribution in [2.75, 3.05) is 28.7 Å². The monoisotopic (exact) mass is 575 g/mol. The predicted molar refractivity (Wildman–Crippen MR) is 160 cm³/mol. The zero-order chi connectivity index (χ0) is 29.6. The van der Waals surface area contributed by atoms with Gasteiger partial charge >= 0.3 is 0 Å². The third-order valence-corrected chi connectivity index (χ3v) is 8.25. The standard InChI is InChI=1S/C30H33N5O5S/c1-4-40-25-8-6-7-21(17-25)28(35-24-9-11-26-20(15-24)13-14-32-29(26)31)30(37)33-18-22-16-23(34-19(3)36)10-12-27(22)41(38,39)5-2/h6-17,28,35H,4-5,18H2,1-3H3,(H2,31,32)(H,33,37)(H,34,36). The lowest BCUT2D eigenvalue weighted by molar-refractivity contribution is -0.122. The van der Waals surface area contributed by atoms with Crippen molar-refractivity contribution in [2.24, 2.45) is 0 Å². The number of hydrogen-bond donors (Lipinski definition) is 4. The SMILES string of the molecule is CCOc1cccc(C(Nc2ccc3c(N)nccc3c2)C(=O)NCc2cc(NC(C)=O)ccc2S(=O)(=O)CC)c1. The van der Waals surface area contributed by atoms with E-state index in [1.807, 2.05) is 43.3 Å². The number of nitrogens with two attached hydrogens (primary N) is 1. The predicted octanol–water partition coefficient (Wildman–Crippen LogP) is 4.44. The van der Waals surface area contributed by atoms with E-state index in [0.717, 1.165) is 10.8 Å². The van der Waals surface area contributed by atoms with Gasteiger partial charge in [-0.05, 0) is 78.0 Å². The molecule has 2 amide bonds. The summed E-state index contributed by atoms with van der Waals surface area (Å²) in [6.45, 7) is 5.18. The highest BCUT2D eigenvalue weighted by Crippen LogP contribution is 2.28. The van der Waals surface area contributed by atoms with E-state index in [1.54, 1.807) is 31.3 Å². The summed E-state index contributed by atoms with van der Waals surface area (Å²) >= 11 is 0. The lowest BCUT2D eigenvalue weighted by atomic mass is 10.0. The zero-order valence-corrected chi connectivity index (χ0v) is 23.9. The molecule has 0 saturated heterocycles. The first-order valence-corrected chi connectivity index (χ1v) is 14.8. The number of ether oxygens (including phenoxy) is 1. The van der Waals surface area contributed by atoms with E-state index in [0.29, 0.717) is 40.7 Å². The fourth-order valence-electron chi connectivity index (χ4n) is 4.45. The number of pyridine rings is 1. The van der Waals surface area contributed by atoms with Crippen molar-refractivity contribution in [3.8, 4) is 5.75 Å². The molecule has 3 aromatic carbocycles. The Morgan fingerprint density at radius 2 is 1.78 bits per heavy atom. The number of aromatic nitrogens is 1. The Morgan fingerprint density at radius 1 is 1.00 bits per heavy atom. The third-order valence-electron chi connectivity index (χ3n) is 6.42. The molecule has 0 aliphatic heterocycles. The largest absolute Gasteiger partial charge is 0.494 e. The van der Waals surface area contributed by atoms with Gasteiger partial charge in [0.15, 0.2) is 9.84 Å². The number of rotatable bonds is 11. The summed E-state index contributed by atoms with van der Waals surface area (Å²) < 4.78 is 31.2. The van der Waals surface area contributed by atoms with Gasteiger partial charge in [-0.1, -0.05) is 19.1 Å². The van der Waals surface area contributed by atoms with E-state index < -0.39 is 21.8 Å². The van der Waals surface area contributed by atoms with Gasteiger partial charge in [0.2, 0.25) is 11.8 Å². The van der Waals surface area contributed by atoms with Crippen LogP contribution < -0.4 is 26.4 Å². The second-order valence-electron chi connectivity index (χ2n) is 9.34. The number of anilines is 3. The van der Waals surface area contributed by atoms with Crippen LogP contribution in [0, 0.1) is 0 Å². The van der Waals surface area contributed by atoms with Crippen LogP contribution in [0.2, 0.25) is 0 Å². The maximum atomic E-state index is 13.7. The number of nitrogens with one attached hydrogen (secondary N) is 3. The molecule has 5 N–H and O–H groups in total. The summed E-state index contributed by atoms with van der Waals surface area (Å²) in [5.41, 5.74) is 8.12. The van der Waals surface area contributed by atoms with Crippen molar-refractivity contribution in [1.82, 2.24) is 10.3 Å². The second kappa shape index (κ2) is 12.7. The molecule has 11 heteroatoms. The smallest absolute Gasteiger partial charge is 0.247 e. The number of hydrogen-bond acceptors (Lipinski definition) is 8. The van der Waals surface area contributed by atoms with E-state index in [-0.39, 0.29) is 23.1 Å². The normalized spacial score (nSPS) is 12.0. The molecule has 1 heterocycles. The number of amides is 2. The van der Waals surface area contributed by atoms with E-state index >= 15 is 0 Å². The molecule has 4 rings (SSSR count). The minimum absolute atomic E-state index is 0.0793. The van der Waals surface area contributed by atoms with Crippen LogP contribution in [0.25, 0.3) is 10.8 Å². The van der Waals surface area contributed by atoms with Crippen LogP contribution >= 0.6 is 0 Å². The van der Waals surface area contributed by atoms with E-state index in [2.05, 4.69) is 20.9 Å². The molecule has 1 aromatic heterocycles. The number of nitrogens with zero attached hydrogens (tertiary/aromatic N) is 1. The Bertz CT molecular complexity index is 1690. The van der Waals surface area contributed by atoms with Gasteiger partial charge in [-0.25, -0.2) is 13.4 Å². The quantitative estimate of drug-likeness (QED) is 0.205. The lowest BCUT2D eigenvalue weighted by Crippen LogP contribution is -2.33. The van der Waals surface area contributed by atoms with Crippen LogP contribution in [-0.2, 0) is 26.0 Å². The summed E-state index contributed by atoms with van der Waals surface area (Å²) in [4.78, 5) is 29.5. The summed E-state index contributed by atoms with van der Waals surface area (Å²) in [5, 5.41) is 10.5. The number of nitrogen functional groups attached to an aromatic ring is 1. The first-order valence-electron chi connectivity index (χ1n) is 13.2.